The molecule has 0 aliphatic heterocycles. The Balaban J connectivity index is 2.15. The third-order valence-electron chi connectivity index (χ3n) is 6.39. The Bertz CT molecular complexity index is 509. The van der Waals surface area contributed by atoms with Gasteiger partial charge in [-0.2, -0.15) is 0 Å². The number of benzene rings is 1. The van der Waals surface area contributed by atoms with Crippen LogP contribution in [0.4, 0.5) is 0 Å². The SMILES string of the molecule is CCCCCC=CC[SiH](CC=CCCCCC)CCCCCCCCc1ccccc1. The van der Waals surface area contributed by atoms with E-state index < -0.39 is 8.80 Å². The van der Waals surface area contributed by atoms with Crippen molar-refractivity contribution in [2.24, 2.45) is 0 Å². The lowest BCUT2D eigenvalue weighted by atomic mass is 10.1. The zero-order valence-corrected chi connectivity index (χ0v) is 22.2. The van der Waals surface area contributed by atoms with Crippen molar-refractivity contribution in [1.29, 1.82) is 0 Å². The molecule has 0 fully saturated rings. The molecule has 0 bridgehead atoms. The molecule has 1 heteroatoms. The highest BCUT2D eigenvalue weighted by atomic mass is 28.3. The van der Waals surface area contributed by atoms with E-state index in [-0.39, 0.29) is 0 Å². The normalized spacial score (nSPS) is 12.8. The van der Waals surface area contributed by atoms with Gasteiger partial charge in [0, 0.05) is 8.80 Å². The molecular formula is C30H52Si. The van der Waals surface area contributed by atoms with Crippen LogP contribution in [0, 0.1) is 0 Å². The predicted molar refractivity (Wildman–Crippen MR) is 146 cm³/mol. The van der Waals surface area contributed by atoms with E-state index in [0.29, 0.717) is 0 Å². The summed E-state index contributed by atoms with van der Waals surface area (Å²) in [5.74, 6) is 0. The first-order valence-corrected chi connectivity index (χ1v) is 16.2. The molecular weight excluding hydrogens is 388 g/mol. The quantitative estimate of drug-likeness (QED) is 0.101. The lowest BCUT2D eigenvalue weighted by molar-refractivity contribution is 0.606. The molecule has 1 aromatic carbocycles. The average Bonchev–Trinajstić information content (AvgIpc) is 2.80. The van der Waals surface area contributed by atoms with Crippen molar-refractivity contribution in [3.8, 4) is 0 Å². The fourth-order valence-electron chi connectivity index (χ4n) is 4.28. The molecule has 0 unspecified atom stereocenters. The molecule has 31 heavy (non-hydrogen) atoms. The molecule has 0 amide bonds. The monoisotopic (exact) mass is 440 g/mol. The first-order chi connectivity index (χ1) is 15.4. The Morgan fingerprint density at radius 2 is 1.13 bits per heavy atom. The Morgan fingerprint density at radius 3 is 1.71 bits per heavy atom. The van der Waals surface area contributed by atoms with E-state index in [1.165, 1.54) is 114 Å². The van der Waals surface area contributed by atoms with Crippen molar-refractivity contribution < 1.29 is 0 Å². The van der Waals surface area contributed by atoms with E-state index in [2.05, 4.69) is 68.5 Å². The molecule has 0 nitrogen and oxygen atoms in total. The Morgan fingerprint density at radius 1 is 0.581 bits per heavy atom. The van der Waals surface area contributed by atoms with Gasteiger partial charge < -0.3 is 0 Å². The Kier molecular flexibility index (Phi) is 19.9. The lowest BCUT2D eigenvalue weighted by Gasteiger charge is -2.11. The molecule has 176 valence electrons. The maximum atomic E-state index is 2.54. The van der Waals surface area contributed by atoms with Crippen molar-refractivity contribution in [2.75, 3.05) is 0 Å². The highest BCUT2D eigenvalue weighted by molar-refractivity contribution is 6.59. The molecule has 0 N–H and O–H groups in total. The molecule has 0 radical (unpaired) electrons. The minimum absolute atomic E-state index is 0.631. The highest BCUT2D eigenvalue weighted by Crippen LogP contribution is 2.16. The number of allylic oxidation sites excluding steroid dienone is 4. The predicted octanol–water partition coefficient (Wildman–Crippen LogP) is 10.1. The van der Waals surface area contributed by atoms with Gasteiger partial charge in [-0.25, -0.2) is 0 Å². The number of aryl methyl sites for hydroxylation is 1. The van der Waals surface area contributed by atoms with Gasteiger partial charge >= 0.3 is 0 Å². The van der Waals surface area contributed by atoms with Crippen LogP contribution in [0.5, 0.6) is 0 Å². The molecule has 0 saturated carbocycles. The Labute approximate surface area is 197 Å². The summed E-state index contributed by atoms with van der Waals surface area (Å²) in [6.07, 6.45) is 30.6. The van der Waals surface area contributed by atoms with Crippen molar-refractivity contribution in [3.05, 3.63) is 60.2 Å². The summed E-state index contributed by atoms with van der Waals surface area (Å²) in [4.78, 5) is 0. The summed E-state index contributed by atoms with van der Waals surface area (Å²) in [7, 11) is -0.631. The number of hydrogen-bond acceptors (Lipinski definition) is 0. The third-order valence-corrected chi connectivity index (χ3v) is 9.49. The molecule has 0 aliphatic carbocycles. The zero-order valence-electron chi connectivity index (χ0n) is 21.0. The largest absolute Gasteiger partial charge is 0.0914 e. The molecule has 0 aliphatic rings. The van der Waals surface area contributed by atoms with E-state index in [4.69, 9.17) is 0 Å². The molecule has 1 rings (SSSR count). The van der Waals surface area contributed by atoms with Crippen LogP contribution in [0.15, 0.2) is 54.6 Å². The minimum atomic E-state index is -0.631. The average molecular weight is 441 g/mol. The van der Waals surface area contributed by atoms with Crippen molar-refractivity contribution in [2.45, 2.75) is 128 Å². The van der Waals surface area contributed by atoms with Gasteiger partial charge in [0.25, 0.3) is 0 Å². The van der Waals surface area contributed by atoms with Crippen LogP contribution in [0.3, 0.4) is 0 Å². The van der Waals surface area contributed by atoms with Gasteiger partial charge in [0.15, 0.2) is 0 Å². The van der Waals surface area contributed by atoms with Crippen molar-refractivity contribution in [3.63, 3.8) is 0 Å². The van der Waals surface area contributed by atoms with Gasteiger partial charge in [-0.1, -0.05) is 132 Å². The van der Waals surface area contributed by atoms with Gasteiger partial charge in [-0.05, 0) is 56.2 Å². The summed E-state index contributed by atoms with van der Waals surface area (Å²) in [5, 5.41) is 0. The third kappa shape index (κ3) is 18.2. The maximum absolute atomic E-state index is 2.54. The summed E-state index contributed by atoms with van der Waals surface area (Å²) in [6.45, 7) is 4.59. The van der Waals surface area contributed by atoms with Gasteiger partial charge in [0.1, 0.15) is 0 Å². The first kappa shape index (κ1) is 28.0. The van der Waals surface area contributed by atoms with E-state index >= 15 is 0 Å². The van der Waals surface area contributed by atoms with Crippen molar-refractivity contribution in [1.82, 2.24) is 0 Å². The Hall–Kier alpha value is -1.08. The smallest absolute Gasteiger partial charge is 0.0443 e. The first-order valence-electron chi connectivity index (χ1n) is 13.7. The summed E-state index contributed by atoms with van der Waals surface area (Å²) < 4.78 is 0. The fraction of sp³-hybridized carbons (Fsp3) is 0.667. The van der Waals surface area contributed by atoms with Crippen LogP contribution < -0.4 is 0 Å². The van der Waals surface area contributed by atoms with Crippen LogP contribution in [0.1, 0.15) is 109 Å². The van der Waals surface area contributed by atoms with E-state index in [1.807, 2.05) is 0 Å². The van der Waals surface area contributed by atoms with Gasteiger partial charge in [0.2, 0.25) is 0 Å². The highest BCUT2D eigenvalue weighted by Gasteiger charge is 2.07. The zero-order chi connectivity index (χ0) is 22.2. The van der Waals surface area contributed by atoms with E-state index in [9.17, 15) is 0 Å². The van der Waals surface area contributed by atoms with Gasteiger partial charge in [0.05, 0.1) is 0 Å². The summed E-state index contributed by atoms with van der Waals surface area (Å²) >= 11 is 0. The second-order valence-electron chi connectivity index (χ2n) is 9.42. The van der Waals surface area contributed by atoms with Crippen LogP contribution >= 0.6 is 0 Å². The molecule has 0 spiro atoms. The maximum Gasteiger partial charge on any atom is 0.0443 e. The van der Waals surface area contributed by atoms with Crippen molar-refractivity contribution >= 4 is 8.80 Å². The second-order valence-corrected chi connectivity index (χ2v) is 12.7. The van der Waals surface area contributed by atoms with E-state index in [1.54, 1.807) is 6.04 Å². The number of unbranched alkanes of at least 4 members (excludes halogenated alkanes) is 11. The van der Waals surface area contributed by atoms with E-state index in [0.717, 1.165) is 0 Å². The van der Waals surface area contributed by atoms with Crippen LogP contribution in [-0.4, -0.2) is 8.80 Å². The van der Waals surface area contributed by atoms with Crippen LogP contribution in [0.25, 0.3) is 0 Å². The molecule has 0 heterocycles. The number of rotatable bonds is 21. The standard InChI is InChI=1S/C30H52Si/c1-3-5-7-9-14-21-27-31(28-22-15-10-8-6-4-2)29-23-16-12-11-13-18-24-30-25-19-17-20-26-30/h14-15,17,19-22,25-26,31H,3-13,16,18,23-24,27-29H2,1-2H3. The van der Waals surface area contributed by atoms with Gasteiger partial charge in [-0.3, -0.25) is 0 Å². The fourth-order valence-corrected chi connectivity index (χ4v) is 6.97. The summed E-state index contributed by atoms with van der Waals surface area (Å²) in [6, 6.07) is 15.4. The van der Waals surface area contributed by atoms with Gasteiger partial charge in [-0.15, -0.1) is 0 Å². The second kappa shape index (κ2) is 22.1. The van der Waals surface area contributed by atoms with Crippen LogP contribution in [0.2, 0.25) is 18.1 Å². The lowest BCUT2D eigenvalue weighted by Crippen LogP contribution is -2.09. The van der Waals surface area contributed by atoms with Crippen LogP contribution in [-0.2, 0) is 6.42 Å². The topological polar surface area (TPSA) is 0 Å². The molecule has 0 atom stereocenters. The minimum Gasteiger partial charge on any atom is -0.0914 e. The molecule has 0 aromatic heterocycles. The summed E-state index contributed by atoms with van der Waals surface area (Å²) in [5.41, 5.74) is 1.50. The molecule has 1 aromatic rings. The number of hydrogen-bond donors (Lipinski definition) is 0. The molecule has 0 saturated heterocycles.